The third-order valence-corrected chi connectivity index (χ3v) is 3.92. The van der Waals surface area contributed by atoms with E-state index in [0.717, 1.165) is 24.9 Å². The molecule has 94 valence electrons. The standard InChI is InChI=1S/C15H22ClN/c16-11-6-10-15-9-4-5-12-17(15)13-14-7-2-1-3-8-14/h1-3,7-8,15H,4-6,9-13H2/t15-/m1/s1. The first-order chi connectivity index (χ1) is 8.40. The van der Waals surface area contributed by atoms with Crippen LogP contribution < -0.4 is 0 Å². The minimum absolute atomic E-state index is 0.753. The maximum absolute atomic E-state index is 5.81. The smallest absolute Gasteiger partial charge is 0.0236 e. The van der Waals surface area contributed by atoms with Gasteiger partial charge in [-0.1, -0.05) is 36.8 Å². The Morgan fingerprint density at radius 1 is 1.18 bits per heavy atom. The van der Waals surface area contributed by atoms with E-state index in [9.17, 15) is 0 Å². The topological polar surface area (TPSA) is 3.24 Å². The number of halogens is 1. The number of nitrogens with zero attached hydrogens (tertiary/aromatic N) is 1. The zero-order valence-corrected chi connectivity index (χ0v) is 11.2. The second-order valence-corrected chi connectivity index (χ2v) is 5.31. The van der Waals surface area contributed by atoms with E-state index in [1.807, 2.05) is 0 Å². The molecule has 0 amide bonds. The van der Waals surface area contributed by atoms with E-state index in [0.29, 0.717) is 0 Å². The second-order valence-electron chi connectivity index (χ2n) is 4.94. The molecule has 1 heterocycles. The number of alkyl halides is 1. The molecule has 1 aromatic rings. The van der Waals surface area contributed by atoms with Crippen molar-refractivity contribution in [3.63, 3.8) is 0 Å². The molecule has 0 spiro atoms. The number of hydrogen-bond acceptors (Lipinski definition) is 1. The van der Waals surface area contributed by atoms with E-state index in [4.69, 9.17) is 11.6 Å². The van der Waals surface area contributed by atoms with Crippen molar-refractivity contribution in [3.8, 4) is 0 Å². The predicted molar refractivity (Wildman–Crippen MR) is 74.4 cm³/mol. The fourth-order valence-electron chi connectivity index (χ4n) is 2.73. The molecule has 17 heavy (non-hydrogen) atoms. The lowest BCUT2D eigenvalue weighted by Gasteiger charge is -2.35. The molecule has 0 bridgehead atoms. The zero-order valence-electron chi connectivity index (χ0n) is 10.4. The van der Waals surface area contributed by atoms with E-state index >= 15 is 0 Å². The van der Waals surface area contributed by atoms with Gasteiger partial charge in [0.15, 0.2) is 0 Å². The molecule has 1 aliphatic rings. The van der Waals surface area contributed by atoms with Gasteiger partial charge in [-0.15, -0.1) is 11.6 Å². The molecule has 0 N–H and O–H groups in total. The average Bonchev–Trinajstić information content (AvgIpc) is 2.39. The fraction of sp³-hybridized carbons (Fsp3) is 0.600. The Hall–Kier alpha value is -0.530. The van der Waals surface area contributed by atoms with Gasteiger partial charge in [-0.2, -0.15) is 0 Å². The minimum Gasteiger partial charge on any atom is -0.296 e. The summed E-state index contributed by atoms with van der Waals surface area (Å²) in [6, 6.07) is 11.6. The van der Waals surface area contributed by atoms with Crippen molar-refractivity contribution in [2.75, 3.05) is 12.4 Å². The van der Waals surface area contributed by atoms with E-state index < -0.39 is 0 Å². The zero-order chi connectivity index (χ0) is 11.9. The number of hydrogen-bond donors (Lipinski definition) is 0. The molecule has 0 saturated carbocycles. The Morgan fingerprint density at radius 2 is 2.00 bits per heavy atom. The number of rotatable bonds is 5. The van der Waals surface area contributed by atoms with Crippen LogP contribution >= 0.6 is 11.6 Å². The summed E-state index contributed by atoms with van der Waals surface area (Å²) in [6.07, 6.45) is 6.50. The summed E-state index contributed by atoms with van der Waals surface area (Å²) >= 11 is 5.81. The van der Waals surface area contributed by atoms with E-state index in [2.05, 4.69) is 35.2 Å². The molecule has 1 nitrogen and oxygen atoms in total. The molecule has 1 aromatic carbocycles. The lowest BCUT2D eigenvalue weighted by Crippen LogP contribution is -2.38. The van der Waals surface area contributed by atoms with Crippen LogP contribution in [0.5, 0.6) is 0 Å². The van der Waals surface area contributed by atoms with E-state index in [-0.39, 0.29) is 0 Å². The molecule has 2 heteroatoms. The molecule has 0 aromatic heterocycles. The van der Waals surface area contributed by atoms with Crippen LogP contribution in [0.15, 0.2) is 30.3 Å². The Morgan fingerprint density at radius 3 is 2.76 bits per heavy atom. The van der Waals surface area contributed by atoms with Crippen molar-refractivity contribution in [2.24, 2.45) is 0 Å². The van der Waals surface area contributed by atoms with Gasteiger partial charge in [0.1, 0.15) is 0 Å². The van der Waals surface area contributed by atoms with E-state index in [1.165, 1.54) is 37.8 Å². The first kappa shape index (κ1) is 12.9. The Kier molecular flexibility index (Phi) is 5.34. The van der Waals surface area contributed by atoms with Crippen LogP contribution in [0.25, 0.3) is 0 Å². The summed E-state index contributed by atoms with van der Waals surface area (Å²) in [5.41, 5.74) is 1.44. The summed E-state index contributed by atoms with van der Waals surface area (Å²) in [5.74, 6) is 0.801. The van der Waals surface area contributed by atoms with Crippen molar-refractivity contribution in [2.45, 2.75) is 44.7 Å². The van der Waals surface area contributed by atoms with Crippen LogP contribution in [0.3, 0.4) is 0 Å². The highest BCUT2D eigenvalue weighted by molar-refractivity contribution is 6.17. The van der Waals surface area contributed by atoms with Crippen LogP contribution in [0, 0.1) is 0 Å². The van der Waals surface area contributed by atoms with Crippen LogP contribution in [0.1, 0.15) is 37.7 Å². The fourth-order valence-corrected chi connectivity index (χ4v) is 2.88. The van der Waals surface area contributed by atoms with Crippen molar-refractivity contribution < 1.29 is 0 Å². The highest BCUT2D eigenvalue weighted by Crippen LogP contribution is 2.23. The third-order valence-electron chi connectivity index (χ3n) is 3.65. The lowest BCUT2D eigenvalue weighted by atomic mass is 9.97. The number of likely N-dealkylation sites (tertiary alicyclic amines) is 1. The molecule has 0 unspecified atom stereocenters. The van der Waals surface area contributed by atoms with Crippen LogP contribution in [0.4, 0.5) is 0 Å². The maximum atomic E-state index is 5.81. The second kappa shape index (κ2) is 7.03. The van der Waals surface area contributed by atoms with Gasteiger partial charge in [0.05, 0.1) is 0 Å². The highest BCUT2D eigenvalue weighted by atomic mass is 35.5. The summed E-state index contributed by atoms with van der Waals surface area (Å²) < 4.78 is 0. The maximum Gasteiger partial charge on any atom is 0.0236 e. The summed E-state index contributed by atoms with van der Waals surface area (Å²) in [5, 5.41) is 0. The van der Waals surface area contributed by atoms with Gasteiger partial charge < -0.3 is 0 Å². The molecule has 1 saturated heterocycles. The van der Waals surface area contributed by atoms with Gasteiger partial charge in [0.2, 0.25) is 0 Å². The SMILES string of the molecule is ClCCC[C@H]1CCCCN1Cc1ccccc1. The van der Waals surface area contributed by atoms with E-state index in [1.54, 1.807) is 0 Å². The predicted octanol–water partition coefficient (Wildman–Crippen LogP) is 4.06. The lowest BCUT2D eigenvalue weighted by molar-refractivity contribution is 0.132. The molecule has 2 rings (SSSR count). The van der Waals surface area contributed by atoms with Crippen molar-refractivity contribution in [3.05, 3.63) is 35.9 Å². The summed E-state index contributed by atoms with van der Waals surface area (Å²) in [4.78, 5) is 2.64. The van der Waals surface area contributed by atoms with Crippen LogP contribution in [0.2, 0.25) is 0 Å². The third kappa shape index (κ3) is 4.01. The van der Waals surface area contributed by atoms with Crippen LogP contribution in [-0.2, 0) is 6.54 Å². The van der Waals surface area contributed by atoms with Gasteiger partial charge in [-0.05, 0) is 37.8 Å². The van der Waals surface area contributed by atoms with Gasteiger partial charge in [0.25, 0.3) is 0 Å². The molecule has 0 radical (unpaired) electrons. The summed E-state index contributed by atoms with van der Waals surface area (Å²) in [6.45, 7) is 2.36. The van der Waals surface area contributed by atoms with Crippen molar-refractivity contribution in [1.82, 2.24) is 4.90 Å². The number of benzene rings is 1. The largest absolute Gasteiger partial charge is 0.296 e. The minimum atomic E-state index is 0.753. The first-order valence-corrected chi connectivity index (χ1v) is 7.27. The Bertz CT molecular complexity index is 312. The molecular formula is C15H22ClN. The van der Waals surface area contributed by atoms with Gasteiger partial charge >= 0.3 is 0 Å². The molecule has 1 fully saturated rings. The molecule has 1 atom stereocenters. The van der Waals surface area contributed by atoms with Crippen molar-refractivity contribution >= 4 is 11.6 Å². The quantitative estimate of drug-likeness (QED) is 0.714. The molecule has 1 aliphatic heterocycles. The Labute approximate surface area is 110 Å². The van der Waals surface area contributed by atoms with Gasteiger partial charge in [-0.3, -0.25) is 4.90 Å². The molecule has 0 aliphatic carbocycles. The van der Waals surface area contributed by atoms with Crippen LogP contribution in [-0.4, -0.2) is 23.4 Å². The highest BCUT2D eigenvalue weighted by Gasteiger charge is 2.21. The normalized spacial score (nSPS) is 21.6. The number of piperidine rings is 1. The Balaban J connectivity index is 1.92. The first-order valence-electron chi connectivity index (χ1n) is 6.74. The average molecular weight is 252 g/mol. The summed E-state index contributed by atoms with van der Waals surface area (Å²) in [7, 11) is 0. The molecular weight excluding hydrogens is 230 g/mol. The van der Waals surface area contributed by atoms with Gasteiger partial charge in [0, 0.05) is 18.5 Å². The van der Waals surface area contributed by atoms with Gasteiger partial charge in [-0.25, -0.2) is 0 Å². The van der Waals surface area contributed by atoms with Crippen molar-refractivity contribution in [1.29, 1.82) is 0 Å². The monoisotopic (exact) mass is 251 g/mol.